The highest BCUT2D eigenvalue weighted by Gasteiger charge is 2.89. The summed E-state index contributed by atoms with van der Waals surface area (Å²) in [6, 6.07) is 0. The van der Waals surface area contributed by atoms with Crippen molar-refractivity contribution < 1.29 is 48.0 Å². The molecule has 0 aromatic rings. The number of carbonyl (C=O) groups excluding carboxylic acids is 4. The summed E-state index contributed by atoms with van der Waals surface area (Å²) < 4.78 is 28.6. The fourth-order valence-corrected chi connectivity index (χ4v) is 9.77. The van der Waals surface area contributed by atoms with E-state index < -0.39 is 81.7 Å². The molecule has 38 heavy (non-hydrogen) atoms. The Morgan fingerprint density at radius 3 is 2.13 bits per heavy atom. The van der Waals surface area contributed by atoms with Gasteiger partial charge in [-0.2, -0.15) is 0 Å². The molecule has 0 aromatic heterocycles. The summed E-state index contributed by atoms with van der Waals surface area (Å²) >= 11 is 0. The van der Waals surface area contributed by atoms with E-state index in [-0.39, 0.29) is 11.8 Å². The van der Waals surface area contributed by atoms with Gasteiger partial charge in [-0.25, -0.2) is 9.59 Å². The van der Waals surface area contributed by atoms with Gasteiger partial charge in [-0.15, -0.1) is 0 Å². The summed E-state index contributed by atoms with van der Waals surface area (Å²) in [5.74, 6) is -2.55. The Balaban J connectivity index is 1.66. The van der Waals surface area contributed by atoms with Crippen molar-refractivity contribution in [1.29, 1.82) is 0 Å². The molecule has 3 saturated carbocycles. The van der Waals surface area contributed by atoms with Gasteiger partial charge in [0.1, 0.15) is 17.8 Å². The lowest BCUT2D eigenvalue weighted by molar-refractivity contribution is -0.295. The van der Waals surface area contributed by atoms with Gasteiger partial charge in [0.05, 0.1) is 13.2 Å². The molecule has 5 rings (SSSR count). The van der Waals surface area contributed by atoms with Crippen LogP contribution in [-0.2, 0) is 42.9 Å². The molecular weight excluding hydrogens is 496 g/mol. The Hall–Kier alpha value is -2.20. The largest absolute Gasteiger partial charge is 0.466 e. The van der Waals surface area contributed by atoms with E-state index in [1.165, 1.54) is 21.0 Å². The number of hydrogen-bond acceptors (Lipinski definition) is 10. The van der Waals surface area contributed by atoms with Gasteiger partial charge in [0.15, 0.2) is 6.10 Å². The highest BCUT2D eigenvalue weighted by atomic mass is 16.7. The first kappa shape index (κ1) is 27.4. The van der Waals surface area contributed by atoms with Crippen molar-refractivity contribution in [2.75, 3.05) is 7.11 Å². The maximum absolute atomic E-state index is 13.0. The van der Waals surface area contributed by atoms with Crippen LogP contribution in [0.5, 0.6) is 0 Å². The van der Waals surface area contributed by atoms with Crippen LogP contribution in [0, 0.1) is 33.5 Å². The van der Waals surface area contributed by atoms with Gasteiger partial charge < -0.3 is 28.8 Å². The first-order valence-electron chi connectivity index (χ1n) is 13.5. The van der Waals surface area contributed by atoms with Crippen molar-refractivity contribution in [3.8, 4) is 0 Å². The molecule has 2 heterocycles. The number of epoxide rings is 1. The number of rotatable bonds is 3. The number of methoxy groups -OCH3 is 1. The van der Waals surface area contributed by atoms with Gasteiger partial charge in [-0.3, -0.25) is 9.59 Å². The molecule has 3 aliphatic carbocycles. The van der Waals surface area contributed by atoms with Crippen LogP contribution in [0.2, 0.25) is 0 Å². The van der Waals surface area contributed by atoms with E-state index in [9.17, 15) is 24.3 Å². The fraction of sp³-hybridized carbons (Fsp3) is 0.857. The number of aliphatic hydroxyl groups is 1. The number of aliphatic hydroxyl groups excluding tert-OH is 1. The lowest BCUT2D eigenvalue weighted by Gasteiger charge is -2.71. The van der Waals surface area contributed by atoms with E-state index in [0.29, 0.717) is 25.7 Å². The summed E-state index contributed by atoms with van der Waals surface area (Å²) in [6.45, 7) is 12.7. The molecule has 1 N–H and O–H groups in total. The predicted octanol–water partition coefficient (Wildman–Crippen LogP) is 2.33. The van der Waals surface area contributed by atoms with Gasteiger partial charge >= 0.3 is 23.9 Å². The molecule has 5 aliphatic rings. The molecular formula is C28H40O10. The number of carbonyl (C=O) groups is 4. The van der Waals surface area contributed by atoms with E-state index in [2.05, 4.69) is 6.92 Å². The first-order valence-corrected chi connectivity index (χ1v) is 13.5. The topological polar surface area (TPSA) is 138 Å². The average molecular weight is 537 g/mol. The van der Waals surface area contributed by atoms with Crippen LogP contribution >= 0.6 is 0 Å². The standard InChI is InChI=1S/C28H40O10/c1-13(29)35-18-12-19(36-14(2)30)26(6)15-9-10-25(5)20(22(32)34-8)37-23(33)21-28(25,38-21)27(15,7)17(31)11-16(26)24(18,3)4/h15-21,31H,9-12H2,1-8H3/t15?,16?,17-,18-,19+,20+,21?,25+,26-,27+,28?/m1/s1. The second kappa shape index (κ2) is 8.16. The number of fused-ring (bicyclic) bond motifs is 3. The molecule has 5 fully saturated rings. The molecule has 1 spiro atoms. The van der Waals surface area contributed by atoms with E-state index in [1.54, 1.807) is 0 Å². The summed E-state index contributed by atoms with van der Waals surface area (Å²) in [4.78, 5) is 50.3. The zero-order valence-electron chi connectivity index (χ0n) is 23.5. The maximum atomic E-state index is 13.0. The summed E-state index contributed by atoms with van der Waals surface area (Å²) in [6.07, 6.45) is -2.39. The van der Waals surface area contributed by atoms with Crippen LogP contribution in [0.15, 0.2) is 0 Å². The molecule has 0 aromatic carbocycles. The van der Waals surface area contributed by atoms with Gasteiger partial charge in [0.2, 0.25) is 6.10 Å². The third kappa shape index (κ3) is 3.07. The smallest absolute Gasteiger partial charge is 0.347 e. The van der Waals surface area contributed by atoms with Crippen molar-refractivity contribution in [1.82, 2.24) is 0 Å². The fourth-order valence-electron chi connectivity index (χ4n) is 9.77. The Morgan fingerprint density at radius 1 is 0.947 bits per heavy atom. The Morgan fingerprint density at radius 2 is 1.55 bits per heavy atom. The van der Waals surface area contributed by atoms with Gasteiger partial charge in [-0.1, -0.05) is 34.6 Å². The number of esters is 4. The van der Waals surface area contributed by atoms with E-state index in [4.69, 9.17) is 23.7 Å². The predicted molar refractivity (Wildman–Crippen MR) is 130 cm³/mol. The lowest BCUT2D eigenvalue weighted by Crippen LogP contribution is -2.76. The van der Waals surface area contributed by atoms with Crippen LogP contribution < -0.4 is 0 Å². The minimum Gasteiger partial charge on any atom is -0.466 e. The third-order valence-corrected chi connectivity index (χ3v) is 11.5. The SMILES string of the molecule is COC(=O)[C@@H]1OC(=O)C2OC23[C@@]1(C)CCC1[C@]2(C)C(C[C@@H](O)[C@]13C)C(C)(C)[C@H](OC(C)=O)C[C@@H]2OC(C)=O. The van der Waals surface area contributed by atoms with Crippen LogP contribution in [0.3, 0.4) is 0 Å². The van der Waals surface area contributed by atoms with Gasteiger partial charge in [0.25, 0.3) is 0 Å². The Labute approximate surface area is 223 Å². The molecule has 212 valence electrons. The molecule has 0 radical (unpaired) electrons. The number of ether oxygens (including phenoxy) is 5. The molecule has 11 atom stereocenters. The third-order valence-electron chi connectivity index (χ3n) is 11.5. The molecule has 2 aliphatic heterocycles. The lowest BCUT2D eigenvalue weighted by atomic mass is 9.34. The zero-order chi connectivity index (χ0) is 28.2. The summed E-state index contributed by atoms with van der Waals surface area (Å²) in [5, 5.41) is 12.0. The average Bonchev–Trinajstić information content (AvgIpc) is 3.59. The van der Waals surface area contributed by atoms with Crippen molar-refractivity contribution in [3.05, 3.63) is 0 Å². The molecule has 2 saturated heterocycles. The normalized spacial score (nSPS) is 50.1. The summed E-state index contributed by atoms with van der Waals surface area (Å²) in [7, 11) is 1.26. The van der Waals surface area contributed by atoms with Crippen LogP contribution in [-0.4, -0.2) is 72.2 Å². The highest BCUT2D eigenvalue weighted by Crippen LogP contribution is 2.78. The van der Waals surface area contributed by atoms with Crippen LogP contribution in [0.1, 0.15) is 74.1 Å². The molecule has 10 heteroatoms. The van der Waals surface area contributed by atoms with Crippen LogP contribution in [0.25, 0.3) is 0 Å². The highest BCUT2D eigenvalue weighted by molar-refractivity contribution is 5.88. The van der Waals surface area contributed by atoms with Crippen molar-refractivity contribution >= 4 is 23.9 Å². The van der Waals surface area contributed by atoms with E-state index >= 15 is 0 Å². The maximum Gasteiger partial charge on any atom is 0.347 e. The number of hydrogen-bond donors (Lipinski definition) is 1. The van der Waals surface area contributed by atoms with Crippen molar-refractivity contribution in [2.45, 2.75) is 110 Å². The van der Waals surface area contributed by atoms with E-state index in [0.717, 1.165) is 0 Å². The molecule has 10 nitrogen and oxygen atoms in total. The minimum atomic E-state index is -1.16. The Bertz CT molecular complexity index is 1090. The first-order chi connectivity index (χ1) is 17.5. The van der Waals surface area contributed by atoms with Gasteiger partial charge in [-0.05, 0) is 31.1 Å². The minimum absolute atomic E-state index is 0.185. The second-order valence-corrected chi connectivity index (χ2v) is 13.3. The van der Waals surface area contributed by atoms with E-state index in [1.807, 2.05) is 27.7 Å². The summed E-state index contributed by atoms with van der Waals surface area (Å²) in [5.41, 5.74) is -4.22. The molecule has 4 unspecified atom stereocenters. The molecule has 0 bridgehead atoms. The second-order valence-electron chi connectivity index (χ2n) is 13.3. The monoisotopic (exact) mass is 536 g/mol. The Kier molecular flexibility index (Phi) is 5.88. The van der Waals surface area contributed by atoms with Crippen molar-refractivity contribution in [2.24, 2.45) is 33.5 Å². The number of cyclic esters (lactones) is 1. The van der Waals surface area contributed by atoms with Crippen LogP contribution in [0.4, 0.5) is 0 Å². The van der Waals surface area contributed by atoms with Gasteiger partial charge in [0, 0.05) is 41.9 Å². The quantitative estimate of drug-likeness (QED) is 0.325. The molecule has 0 amide bonds. The zero-order valence-corrected chi connectivity index (χ0v) is 23.5. The van der Waals surface area contributed by atoms with Crippen molar-refractivity contribution in [3.63, 3.8) is 0 Å².